The van der Waals surface area contributed by atoms with Gasteiger partial charge in [0, 0.05) is 36.2 Å². The summed E-state index contributed by atoms with van der Waals surface area (Å²) in [6.07, 6.45) is 6.96. The summed E-state index contributed by atoms with van der Waals surface area (Å²) >= 11 is 1.24. The highest BCUT2D eigenvalue weighted by molar-refractivity contribution is 7.19. The van der Waals surface area contributed by atoms with Crippen molar-refractivity contribution in [2.24, 2.45) is 0 Å². The van der Waals surface area contributed by atoms with E-state index in [4.69, 9.17) is 0 Å². The summed E-state index contributed by atoms with van der Waals surface area (Å²) in [4.78, 5) is 31.6. The lowest BCUT2D eigenvalue weighted by Gasteiger charge is -1.94. The van der Waals surface area contributed by atoms with Crippen LogP contribution in [0.15, 0.2) is 59.7 Å². The third-order valence-electron chi connectivity index (χ3n) is 3.72. The predicted octanol–water partition coefficient (Wildman–Crippen LogP) is 3.29. The van der Waals surface area contributed by atoms with Gasteiger partial charge in [-0.15, -0.1) is 0 Å². The van der Waals surface area contributed by atoms with E-state index in [1.165, 1.54) is 34.1 Å². The summed E-state index contributed by atoms with van der Waals surface area (Å²) < 4.78 is 1.23. The lowest BCUT2D eigenvalue weighted by Crippen LogP contribution is -2.14. The highest BCUT2D eigenvalue weighted by Gasteiger charge is 2.11. The van der Waals surface area contributed by atoms with Gasteiger partial charge in [0.25, 0.3) is 11.2 Å². The van der Waals surface area contributed by atoms with Gasteiger partial charge in [-0.1, -0.05) is 23.5 Å². The number of hydrogen-bond acceptors (Lipinski definition) is 7. The van der Waals surface area contributed by atoms with Gasteiger partial charge < -0.3 is 0 Å². The minimum atomic E-state index is -0.463. The molecule has 3 aromatic heterocycles. The van der Waals surface area contributed by atoms with E-state index in [1.54, 1.807) is 30.6 Å². The monoisotopic (exact) mass is 377 g/mol. The Morgan fingerprint density at radius 2 is 1.96 bits per heavy atom. The largest absolute Gasteiger partial charge is 0.275 e. The fourth-order valence-electron chi connectivity index (χ4n) is 2.41. The van der Waals surface area contributed by atoms with Crippen molar-refractivity contribution in [3.05, 3.63) is 86.6 Å². The molecule has 0 atom stereocenters. The maximum Gasteiger partial charge on any atom is 0.275 e. The first-order chi connectivity index (χ1) is 13.1. The molecule has 4 rings (SSSR count). The first kappa shape index (κ1) is 16.7. The molecule has 0 aliphatic heterocycles. The van der Waals surface area contributed by atoms with E-state index in [0.717, 1.165) is 5.56 Å². The minimum Gasteiger partial charge on any atom is -0.267 e. The number of rotatable bonds is 4. The zero-order chi connectivity index (χ0) is 18.8. The van der Waals surface area contributed by atoms with Crippen LogP contribution in [0.1, 0.15) is 11.3 Å². The van der Waals surface area contributed by atoms with Crippen LogP contribution < -0.4 is 5.56 Å². The molecule has 0 N–H and O–H groups in total. The molecule has 0 saturated heterocycles. The first-order valence-corrected chi connectivity index (χ1v) is 8.66. The number of nitro benzene ring substituents is 1. The molecule has 0 bridgehead atoms. The number of nitro groups is 1. The van der Waals surface area contributed by atoms with Crippen LogP contribution in [0, 0.1) is 10.1 Å². The molecule has 0 fully saturated rings. The molecule has 0 aliphatic rings. The Labute approximate surface area is 156 Å². The van der Waals surface area contributed by atoms with Crippen molar-refractivity contribution in [3.8, 4) is 10.6 Å². The Morgan fingerprint density at radius 3 is 2.67 bits per heavy atom. The molecule has 3 heterocycles. The maximum absolute atomic E-state index is 12.3. The molecule has 27 heavy (non-hydrogen) atoms. The molecule has 1 aromatic carbocycles. The minimum absolute atomic E-state index is 0.00187. The van der Waals surface area contributed by atoms with Crippen LogP contribution in [0.4, 0.5) is 5.69 Å². The lowest BCUT2D eigenvalue weighted by atomic mass is 10.2. The normalized spacial score (nSPS) is 11.3. The maximum atomic E-state index is 12.3. The third-order valence-corrected chi connectivity index (χ3v) is 4.68. The van der Waals surface area contributed by atoms with Crippen LogP contribution in [-0.2, 0) is 0 Å². The smallest absolute Gasteiger partial charge is 0.267 e. The topological polar surface area (TPSA) is 103 Å². The van der Waals surface area contributed by atoms with Gasteiger partial charge in [0.2, 0.25) is 4.96 Å². The Kier molecular flexibility index (Phi) is 4.27. The van der Waals surface area contributed by atoms with Gasteiger partial charge in [0.05, 0.1) is 10.6 Å². The van der Waals surface area contributed by atoms with Crippen molar-refractivity contribution in [1.29, 1.82) is 0 Å². The summed E-state index contributed by atoms with van der Waals surface area (Å²) in [5, 5.41) is 15.6. The van der Waals surface area contributed by atoms with Gasteiger partial charge in [0.1, 0.15) is 5.01 Å². The molecule has 0 spiro atoms. The summed E-state index contributed by atoms with van der Waals surface area (Å²) in [6.45, 7) is 0. The van der Waals surface area contributed by atoms with E-state index >= 15 is 0 Å². The van der Waals surface area contributed by atoms with Crippen LogP contribution in [0.25, 0.3) is 27.7 Å². The van der Waals surface area contributed by atoms with E-state index in [-0.39, 0.29) is 11.2 Å². The second kappa shape index (κ2) is 6.89. The molecule has 0 saturated carbocycles. The molecule has 4 aromatic rings. The number of nitrogens with zero attached hydrogens (tertiary/aromatic N) is 5. The number of non-ortho nitro benzene ring substituents is 1. The summed E-state index contributed by atoms with van der Waals surface area (Å²) in [7, 11) is 0. The van der Waals surface area contributed by atoms with Gasteiger partial charge in [-0.2, -0.15) is 9.61 Å². The average molecular weight is 377 g/mol. The molecule has 0 unspecified atom stereocenters. The zero-order valence-electron chi connectivity index (χ0n) is 13.7. The van der Waals surface area contributed by atoms with Gasteiger partial charge in [0.15, 0.2) is 0 Å². The zero-order valence-corrected chi connectivity index (χ0v) is 14.5. The number of benzene rings is 1. The van der Waals surface area contributed by atoms with Gasteiger partial charge >= 0.3 is 0 Å². The van der Waals surface area contributed by atoms with Gasteiger partial charge in [-0.25, -0.2) is 4.98 Å². The molecular weight excluding hydrogens is 366 g/mol. The Balaban J connectivity index is 1.70. The van der Waals surface area contributed by atoms with Crippen molar-refractivity contribution in [1.82, 2.24) is 19.6 Å². The molecule has 0 amide bonds. The van der Waals surface area contributed by atoms with Gasteiger partial charge in [-0.3, -0.25) is 19.9 Å². The molecule has 132 valence electrons. The molecular formula is C18H11N5O3S. The second-order valence-electron chi connectivity index (χ2n) is 5.54. The Morgan fingerprint density at radius 1 is 1.15 bits per heavy atom. The van der Waals surface area contributed by atoms with Crippen LogP contribution in [-0.4, -0.2) is 24.5 Å². The third kappa shape index (κ3) is 3.48. The summed E-state index contributed by atoms with van der Waals surface area (Å²) in [6, 6.07) is 11.1. The number of fused-ring (bicyclic) bond motifs is 1. The van der Waals surface area contributed by atoms with Crippen molar-refractivity contribution in [3.63, 3.8) is 0 Å². The standard InChI is InChI=1S/C18H11N5O3S/c24-16-10-14(6-3-12-2-1-9-19-11-12)20-18-22(16)21-17(27-18)13-4-7-15(8-5-13)23(25)26/h1-11H/b6-3+. The van der Waals surface area contributed by atoms with Crippen molar-refractivity contribution in [2.75, 3.05) is 0 Å². The van der Waals surface area contributed by atoms with Crippen LogP contribution in [0.3, 0.4) is 0 Å². The van der Waals surface area contributed by atoms with E-state index in [1.807, 2.05) is 18.2 Å². The SMILES string of the molecule is O=c1cc(/C=C/c2cccnc2)nc2sc(-c3ccc([N+](=O)[O-])cc3)nn12. The van der Waals surface area contributed by atoms with Crippen molar-refractivity contribution in [2.45, 2.75) is 0 Å². The number of hydrogen-bond donors (Lipinski definition) is 0. The Hall–Kier alpha value is -3.72. The summed E-state index contributed by atoms with van der Waals surface area (Å²) in [5.74, 6) is 0. The second-order valence-corrected chi connectivity index (χ2v) is 6.50. The van der Waals surface area contributed by atoms with Crippen LogP contribution in [0.2, 0.25) is 0 Å². The highest BCUT2D eigenvalue weighted by Crippen LogP contribution is 2.26. The number of aromatic nitrogens is 4. The average Bonchev–Trinajstić information content (AvgIpc) is 3.12. The fourth-order valence-corrected chi connectivity index (χ4v) is 3.33. The van der Waals surface area contributed by atoms with E-state index in [2.05, 4.69) is 15.1 Å². The van der Waals surface area contributed by atoms with E-state index in [9.17, 15) is 14.9 Å². The van der Waals surface area contributed by atoms with Gasteiger partial charge in [-0.05, 0) is 29.8 Å². The molecule has 9 heteroatoms. The predicted molar refractivity (Wildman–Crippen MR) is 102 cm³/mol. The first-order valence-electron chi connectivity index (χ1n) is 7.84. The molecule has 0 aliphatic carbocycles. The highest BCUT2D eigenvalue weighted by atomic mass is 32.1. The van der Waals surface area contributed by atoms with Crippen molar-refractivity contribution >= 4 is 34.1 Å². The van der Waals surface area contributed by atoms with Crippen molar-refractivity contribution < 1.29 is 4.92 Å². The lowest BCUT2D eigenvalue weighted by molar-refractivity contribution is -0.384. The Bertz CT molecular complexity index is 1210. The molecule has 0 radical (unpaired) electrons. The number of pyridine rings is 1. The molecule has 8 nitrogen and oxygen atoms in total. The van der Waals surface area contributed by atoms with E-state index in [0.29, 0.717) is 21.2 Å². The van der Waals surface area contributed by atoms with Crippen LogP contribution >= 0.6 is 11.3 Å². The van der Waals surface area contributed by atoms with Crippen LogP contribution in [0.5, 0.6) is 0 Å². The van der Waals surface area contributed by atoms with E-state index < -0.39 is 4.92 Å². The summed E-state index contributed by atoms with van der Waals surface area (Å²) in [5.41, 5.74) is 1.80. The quantitative estimate of drug-likeness (QED) is 0.399. The fraction of sp³-hybridized carbons (Fsp3) is 0.